The number of rotatable bonds is 1. The van der Waals surface area contributed by atoms with Crippen LogP contribution < -0.4 is 0 Å². The molecule has 1 N–H and O–H groups in total. The lowest BCUT2D eigenvalue weighted by Crippen LogP contribution is -1.87. The standard InChI is InChI=1S/C12H10BrNO/c1-8-12(6-10(13)7-14-8)9-2-4-11(15)5-3-9/h2-7,15H,1H3. The molecule has 0 amide bonds. The van der Waals surface area contributed by atoms with Crippen LogP contribution in [0, 0.1) is 6.92 Å². The van der Waals surface area contributed by atoms with Crippen molar-refractivity contribution in [2.45, 2.75) is 6.92 Å². The van der Waals surface area contributed by atoms with Crippen molar-refractivity contribution in [3.63, 3.8) is 0 Å². The molecule has 0 fully saturated rings. The first-order chi connectivity index (χ1) is 7.16. The Morgan fingerprint density at radius 1 is 1.20 bits per heavy atom. The lowest BCUT2D eigenvalue weighted by atomic mass is 10.0. The number of benzene rings is 1. The molecule has 1 heterocycles. The normalized spacial score (nSPS) is 10.3. The number of phenolic OH excluding ortho intramolecular Hbond substituents is 1. The van der Waals surface area contributed by atoms with E-state index in [0.29, 0.717) is 0 Å². The second-order valence-corrected chi connectivity index (χ2v) is 4.25. The van der Waals surface area contributed by atoms with Crippen LogP contribution in [0.4, 0.5) is 0 Å². The first-order valence-electron chi connectivity index (χ1n) is 4.58. The molecule has 0 saturated carbocycles. The molecule has 0 unspecified atom stereocenters. The smallest absolute Gasteiger partial charge is 0.115 e. The summed E-state index contributed by atoms with van der Waals surface area (Å²) in [6.45, 7) is 1.97. The molecule has 1 aromatic carbocycles. The molecule has 3 heteroatoms. The average Bonchev–Trinajstić information content (AvgIpc) is 2.23. The Bertz CT molecular complexity index is 479. The van der Waals surface area contributed by atoms with E-state index in [1.54, 1.807) is 18.3 Å². The number of hydrogen-bond acceptors (Lipinski definition) is 2. The van der Waals surface area contributed by atoms with Gasteiger partial charge in [-0.25, -0.2) is 0 Å². The van der Waals surface area contributed by atoms with Crippen LogP contribution >= 0.6 is 15.9 Å². The number of halogens is 1. The molecule has 2 aromatic rings. The Morgan fingerprint density at radius 3 is 2.53 bits per heavy atom. The highest BCUT2D eigenvalue weighted by molar-refractivity contribution is 9.10. The van der Waals surface area contributed by atoms with Crippen molar-refractivity contribution >= 4 is 15.9 Å². The molecule has 0 saturated heterocycles. The number of aromatic hydroxyl groups is 1. The summed E-state index contributed by atoms with van der Waals surface area (Å²) < 4.78 is 0.955. The van der Waals surface area contributed by atoms with Gasteiger partial charge in [0.2, 0.25) is 0 Å². The predicted octanol–water partition coefficient (Wildman–Crippen LogP) is 3.53. The summed E-state index contributed by atoms with van der Waals surface area (Å²) in [5.41, 5.74) is 3.10. The third-order valence-corrected chi connectivity index (χ3v) is 2.67. The molecule has 76 valence electrons. The Labute approximate surface area is 96.7 Å². The molecule has 0 bridgehead atoms. The number of pyridine rings is 1. The van der Waals surface area contributed by atoms with Crippen molar-refractivity contribution in [3.8, 4) is 16.9 Å². The molecule has 1 aromatic heterocycles. The van der Waals surface area contributed by atoms with Gasteiger partial charge in [-0.3, -0.25) is 4.98 Å². The molecule has 0 atom stereocenters. The van der Waals surface area contributed by atoms with Gasteiger partial charge in [0.15, 0.2) is 0 Å². The number of nitrogens with zero attached hydrogens (tertiary/aromatic N) is 1. The van der Waals surface area contributed by atoms with Gasteiger partial charge in [0.05, 0.1) is 0 Å². The summed E-state index contributed by atoms with van der Waals surface area (Å²) in [5.74, 6) is 0.277. The van der Waals surface area contributed by atoms with Gasteiger partial charge in [-0.15, -0.1) is 0 Å². The Hall–Kier alpha value is -1.35. The van der Waals surface area contributed by atoms with Crippen molar-refractivity contribution in [1.82, 2.24) is 4.98 Å². The topological polar surface area (TPSA) is 33.1 Å². The van der Waals surface area contributed by atoms with Gasteiger partial charge < -0.3 is 5.11 Å². The molecule has 0 radical (unpaired) electrons. The zero-order chi connectivity index (χ0) is 10.8. The van der Waals surface area contributed by atoms with Crippen molar-refractivity contribution < 1.29 is 5.11 Å². The fourth-order valence-electron chi connectivity index (χ4n) is 1.44. The van der Waals surface area contributed by atoms with Crippen LogP contribution in [0.1, 0.15) is 5.69 Å². The molecule has 2 nitrogen and oxygen atoms in total. The monoisotopic (exact) mass is 263 g/mol. The highest BCUT2D eigenvalue weighted by atomic mass is 79.9. The van der Waals surface area contributed by atoms with E-state index < -0.39 is 0 Å². The summed E-state index contributed by atoms with van der Waals surface area (Å²) in [7, 11) is 0. The van der Waals surface area contributed by atoms with E-state index in [1.165, 1.54) is 0 Å². The van der Waals surface area contributed by atoms with E-state index in [2.05, 4.69) is 20.9 Å². The van der Waals surface area contributed by atoms with Gasteiger partial charge in [0, 0.05) is 21.9 Å². The van der Waals surface area contributed by atoms with Crippen LogP contribution in [0.2, 0.25) is 0 Å². The summed E-state index contributed by atoms with van der Waals surface area (Å²) in [4.78, 5) is 4.27. The van der Waals surface area contributed by atoms with E-state index >= 15 is 0 Å². The Kier molecular flexibility index (Phi) is 2.73. The van der Waals surface area contributed by atoms with Gasteiger partial charge in [-0.2, -0.15) is 0 Å². The van der Waals surface area contributed by atoms with Crippen molar-refractivity contribution in [1.29, 1.82) is 0 Å². The van der Waals surface area contributed by atoms with Gasteiger partial charge >= 0.3 is 0 Å². The number of phenols is 1. The summed E-state index contributed by atoms with van der Waals surface area (Å²) >= 11 is 3.40. The minimum absolute atomic E-state index is 0.277. The van der Waals surface area contributed by atoms with Gasteiger partial charge in [0.25, 0.3) is 0 Å². The van der Waals surface area contributed by atoms with Gasteiger partial charge in [-0.1, -0.05) is 12.1 Å². The molecular formula is C12H10BrNO. The van der Waals surface area contributed by atoms with Crippen molar-refractivity contribution in [2.75, 3.05) is 0 Å². The van der Waals surface area contributed by atoms with E-state index in [0.717, 1.165) is 21.3 Å². The van der Waals surface area contributed by atoms with E-state index in [-0.39, 0.29) is 5.75 Å². The average molecular weight is 264 g/mol. The third-order valence-electron chi connectivity index (χ3n) is 2.23. The van der Waals surface area contributed by atoms with Crippen molar-refractivity contribution in [3.05, 3.63) is 46.7 Å². The van der Waals surface area contributed by atoms with Crippen LogP contribution in [-0.2, 0) is 0 Å². The fraction of sp³-hybridized carbons (Fsp3) is 0.0833. The predicted molar refractivity (Wildman–Crippen MR) is 63.8 cm³/mol. The van der Waals surface area contributed by atoms with Crippen LogP contribution in [0.3, 0.4) is 0 Å². The summed E-state index contributed by atoms with van der Waals surface area (Å²) in [6, 6.07) is 9.14. The zero-order valence-electron chi connectivity index (χ0n) is 8.24. The highest BCUT2D eigenvalue weighted by Crippen LogP contribution is 2.26. The summed E-state index contributed by atoms with van der Waals surface area (Å²) in [5, 5.41) is 9.20. The first-order valence-corrected chi connectivity index (χ1v) is 5.37. The van der Waals surface area contributed by atoms with Crippen LogP contribution in [0.25, 0.3) is 11.1 Å². The summed E-state index contributed by atoms with van der Waals surface area (Å²) in [6.07, 6.45) is 1.78. The fourth-order valence-corrected chi connectivity index (χ4v) is 1.77. The van der Waals surface area contributed by atoms with E-state index in [4.69, 9.17) is 0 Å². The number of hydrogen-bond donors (Lipinski definition) is 1. The van der Waals surface area contributed by atoms with Gasteiger partial charge in [-0.05, 0) is 46.6 Å². The Balaban J connectivity index is 2.53. The first kappa shape index (κ1) is 10.2. The largest absolute Gasteiger partial charge is 0.508 e. The second-order valence-electron chi connectivity index (χ2n) is 3.33. The van der Waals surface area contributed by atoms with Crippen LogP contribution in [0.15, 0.2) is 41.0 Å². The SMILES string of the molecule is Cc1ncc(Br)cc1-c1ccc(O)cc1. The maximum Gasteiger partial charge on any atom is 0.115 e. The second kappa shape index (κ2) is 4.03. The highest BCUT2D eigenvalue weighted by Gasteiger charge is 2.03. The molecule has 0 aliphatic rings. The molecular weight excluding hydrogens is 254 g/mol. The number of aromatic nitrogens is 1. The Morgan fingerprint density at radius 2 is 1.87 bits per heavy atom. The molecule has 15 heavy (non-hydrogen) atoms. The van der Waals surface area contributed by atoms with Crippen LogP contribution in [-0.4, -0.2) is 10.1 Å². The zero-order valence-corrected chi connectivity index (χ0v) is 9.82. The number of aryl methyl sites for hydroxylation is 1. The molecule has 2 rings (SSSR count). The minimum atomic E-state index is 0.277. The van der Waals surface area contributed by atoms with E-state index in [9.17, 15) is 5.11 Å². The molecule has 0 aliphatic heterocycles. The maximum atomic E-state index is 9.20. The lowest BCUT2D eigenvalue weighted by Gasteiger charge is -2.05. The van der Waals surface area contributed by atoms with E-state index in [1.807, 2.05) is 25.1 Å². The molecule has 0 spiro atoms. The minimum Gasteiger partial charge on any atom is -0.508 e. The van der Waals surface area contributed by atoms with Crippen molar-refractivity contribution in [2.24, 2.45) is 0 Å². The quantitative estimate of drug-likeness (QED) is 0.854. The molecule has 0 aliphatic carbocycles. The van der Waals surface area contributed by atoms with Crippen LogP contribution in [0.5, 0.6) is 5.75 Å². The lowest BCUT2D eigenvalue weighted by molar-refractivity contribution is 0.475. The third kappa shape index (κ3) is 2.18. The van der Waals surface area contributed by atoms with Gasteiger partial charge in [0.1, 0.15) is 5.75 Å². The maximum absolute atomic E-state index is 9.20.